The molecule has 0 amide bonds. The fraction of sp³-hybridized carbons (Fsp3) is 0.238. The highest BCUT2D eigenvalue weighted by Crippen LogP contribution is 2.34. The number of rotatable bonds is 8. The zero-order chi connectivity index (χ0) is 18.4. The van der Waals surface area contributed by atoms with Gasteiger partial charge in [-0.3, -0.25) is 0 Å². The maximum Gasteiger partial charge on any atom is 0.162 e. The Bertz CT molecular complexity index is 849. The lowest BCUT2D eigenvalue weighted by Crippen LogP contribution is -2.12. The minimum atomic E-state index is 0.514. The molecule has 0 aliphatic heterocycles. The summed E-state index contributed by atoms with van der Waals surface area (Å²) in [6, 6.07) is 16.5. The first-order valence-corrected chi connectivity index (χ1v) is 10.1. The molecule has 0 atom stereocenters. The molecule has 1 N–H and O–H groups in total. The number of ether oxygens (including phenoxy) is 2. The number of nitrogens with one attached hydrogen (secondary N) is 1. The van der Waals surface area contributed by atoms with Crippen LogP contribution in [0, 0.1) is 6.92 Å². The molecule has 0 saturated carbocycles. The van der Waals surface area contributed by atoms with Crippen molar-refractivity contribution in [3.8, 4) is 11.5 Å². The summed E-state index contributed by atoms with van der Waals surface area (Å²) in [5.74, 6) is 1.48. The Balaban J connectivity index is 1.66. The highest BCUT2D eigenvalue weighted by Gasteiger charge is 2.11. The highest BCUT2D eigenvalue weighted by atomic mass is 79.9. The average Bonchev–Trinajstić information content (AvgIpc) is 3.15. The van der Waals surface area contributed by atoms with E-state index in [9.17, 15) is 0 Å². The van der Waals surface area contributed by atoms with Gasteiger partial charge in [-0.05, 0) is 41.6 Å². The van der Waals surface area contributed by atoms with Crippen molar-refractivity contribution in [2.45, 2.75) is 26.6 Å². The molecule has 0 spiro atoms. The molecule has 0 saturated heterocycles. The van der Waals surface area contributed by atoms with Gasteiger partial charge in [0.05, 0.1) is 7.11 Å². The fourth-order valence-electron chi connectivity index (χ4n) is 2.68. The third kappa shape index (κ3) is 5.10. The maximum absolute atomic E-state index is 5.99. The summed E-state index contributed by atoms with van der Waals surface area (Å²) in [7, 11) is 1.67. The predicted molar refractivity (Wildman–Crippen MR) is 111 cm³/mol. The second kappa shape index (κ2) is 9.21. The van der Waals surface area contributed by atoms with E-state index in [1.165, 1.54) is 10.4 Å². The van der Waals surface area contributed by atoms with Crippen LogP contribution in [-0.2, 0) is 19.7 Å². The van der Waals surface area contributed by atoms with Crippen LogP contribution in [0.2, 0.25) is 0 Å². The molecular formula is C21H22BrNO2S. The van der Waals surface area contributed by atoms with Crippen molar-refractivity contribution in [3.63, 3.8) is 0 Å². The van der Waals surface area contributed by atoms with Gasteiger partial charge < -0.3 is 14.8 Å². The summed E-state index contributed by atoms with van der Waals surface area (Å²) < 4.78 is 12.5. The molecule has 0 fully saturated rings. The zero-order valence-electron chi connectivity index (χ0n) is 14.9. The number of benzene rings is 2. The third-order valence-electron chi connectivity index (χ3n) is 4.00. The maximum atomic E-state index is 5.99. The summed E-state index contributed by atoms with van der Waals surface area (Å²) in [6.45, 7) is 4.21. The molecule has 26 heavy (non-hydrogen) atoms. The smallest absolute Gasteiger partial charge is 0.162 e. The van der Waals surface area contributed by atoms with Crippen LogP contribution in [0.5, 0.6) is 11.5 Å². The van der Waals surface area contributed by atoms with E-state index in [1.807, 2.05) is 18.2 Å². The molecule has 5 heteroatoms. The van der Waals surface area contributed by atoms with Gasteiger partial charge >= 0.3 is 0 Å². The summed E-state index contributed by atoms with van der Waals surface area (Å²) >= 11 is 5.41. The predicted octanol–water partition coefficient (Wildman–Crippen LogP) is 5.70. The van der Waals surface area contributed by atoms with E-state index in [2.05, 4.69) is 63.9 Å². The molecule has 3 nitrogen and oxygen atoms in total. The van der Waals surface area contributed by atoms with Crippen LogP contribution in [-0.4, -0.2) is 7.11 Å². The molecule has 0 radical (unpaired) electrons. The SMILES string of the molecule is COc1cc(CNCc2cccs2)c(Br)cc1OCc1cccc(C)c1. The summed E-state index contributed by atoms with van der Waals surface area (Å²) in [6.07, 6.45) is 0. The monoisotopic (exact) mass is 431 g/mol. The number of aryl methyl sites for hydroxylation is 1. The van der Waals surface area contributed by atoms with E-state index in [0.717, 1.165) is 40.2 Å². The van der Waals surface area contributed by atoms with Gasteiger partial charge in [-0.1, -0.05) is 51.8 Å². The van der Waals surface area contributed by atoms with E-state index in [-0.39, 0.29) is 0 Å². The van der Waals surface area contributed by atoms with Crippen molar-refractivity contribution in [1.29, 1.82) is 0 Å². The molecule has 0 unspecified atom stereocenters. The molecule has 3 rings (SSSR count). The van der Waals surface area contributed by atoms with Crippen molar-refractivity contribution < 1.29 is 9.47 Å². The lowest BCUT2D eigenvalue weighted by molar-refractivity contribution is 0.284. The summed E-state index contributed by atoms with van der Waals surface area (Å²) in [5.41, 5.74) is 3.51. The standard InChI is InChI=1S/C21H22BrNO2S/c1-15-5-3-6-16(9-15)14-25-21-11-19(22)17(10-20(21)24-2)12-23-13-18-7-4-8-26-18/h3-11,23H,12-14H2,1-2H3. The van der Waals surface area contributed by atoms with E-state index >= 15 is 0 Å². The Morgan fingerprint density at radius 3 is 2.65 bits per heavy atom. The van der Waals surface area contributed by atoms with Crippen LogP contribution in [0.25, 0.3) is 0 Å². The van der Waals surface area contributed by atoms with Crippen molar-refractivity contribution in [2.75, 3.05) is 7.11 Å². The number of halogens is 1. The minimum absolute atomic E-state index is 0.514. The second-order valence-electron chi connectivity index (χ2n) is 6.06. The Hall–Kier alpha value is -1.82. The van der Waals surface area contributed by atoms with Gasteiger partial charge in [0.25, 0.3) is 0 Å². The Morgan fingerprint density at radius 1 is 1.04 bits per heavy atom. The van der Waals surface area contributed by atoms with E-state index in [0.29, 0.717) is 6.61 Å². The molecular weight excluding hydrogens is 410 g/mol. The first-order chi connectivity index (χ1) is 12.7. The van der Waals surface area contributed by atoms with Gasteiger partial charge in [0.2, 0.25) is 0 Å². The van der Waals surface area contributed by atoms with Crippen molar-refractivity contribution in [1.82, 2.24) is 5.32 Å². The van der Waals surface area contributed by atoms with Crippen LogP contribution >= 0.6 is 27.3 Å². The Morgan fingerprint density at radius 2 is 1.92 bits per heavy atom. The minimum Gasteiger partial charge on any atom is -0.493 e. The molecule has 0 aliphatic rings. The van der Waals surface area contributed by atoms with Gasteiger partial charge in [-0.15, -0.1) is 11.3 Å². The quantitative estimate of drug-likeness (QED) is 0.496. The van der Waals surface area contributed by atoms with Crippen molar-refractivity contribution in [3.05, 3.63) is 80.0 Å². The van der Waals surface area contributed by atoms with E-state index in [1.54, 1.807) is 18.4 Å². The van der Waals surface area contributed by atoms with Crippen LogP contribution in [0.15, 0.2) is 58.4 Å². The van der Waals surface area contributed by atoms with Crippen LogP contribution in [0.3, 0.4) is 0 Å². The molecule has 1 heterocycles. The first kappa shape index (κ1) is 19.0. The molecule has 0 aliphatic carbocycles. The Labute approximate surface area is 167 Å². The fourth-order valence-corrected chi connectivity index (χ4v) is 3.82. The van der Waals surface area contributed by atoms with E-state index < -0.39 is 0 Å². The largest absolute Gasteiger partial charge is 0.493 e. The Kier molecular flexibility index (Phi) is 6.72. The van der Waals surface area contributed by atoms with E-state index in [4.69, 9.17) is 9.47 Å². The third-order valence-corrected chi connectivity index (χ3v) is 5.62. The highest BCUT2D eigenvalue weighted by molar-refractivity contribution is 9.10. The molecule has 136 valence electrons. The number of methoxy groups -OCH3 is 1. The van der Waals surface area contributed by atoms with Crippen LogP contribution in [0.4, 0.5) is 0 Å². The van der Waals surface area contributed by atoms with Gasteiger partial charge in [0.15, 0.2) is 11.5 Å². The number of thiophene rings is 1. The molecule has 3 aromatic rings. The molecule has 0 bridgehead atoms. The topological polar surface area (TPSA) is 30.5 Å². The molecule has 1 aromatic heterocycles. The van der Waals surface area contributed by atoms with Gasteiger partial charge in [-0.25, -0.2) is 0 Å². The van der Waals surface area contributed by atoms with Gasteiger partial charge in [0.1, 0.15) is 6.61 Å². The number of hydrogen-bond donors (Lipinski definition) is 1. The normalized spacial score (nSPS) is 10.7. The van der Waals surface area contributed by atoms with Crippen LogP contribution < -0.4 is 14.8 Å². The summed E-state index contributed by atoms with van der Waals surface area (Å²) in [4.78, 5) is 1.33. The zero-order valence-corrected chi connectivity index (χ0v) is 17.3. The average molecular weight is 432 g/mol. The summed E-state index contributed by atoms with van der Waals surface area (Å²) in [5, 5.41) is 5.56. The van der Waals surface area contributed by atoms with Crippen molar-refractivity contribution in [2.24, 2.45) is 0 Å². The number of hydrogen-bond acceptors (Lipinski definition) is 4. The molecule has 2 aromatic carbocycles. The van der Waals surface area contributed by atoms with Crippen LogP contribution in [0.1, 0.15) is 21.6 Å². The lowest BCUT2D eigenvalue weighted by Gasteiger charge is -2.14. The second-order valence-corrected chi connectivity index (χ2v) is 7.94. The van der Waals surface area contributed by atoms with Gasteiger partial charge in [-0.2, -0.15) is 0 Å². The first-order valence-electron chi connectivity index (χ1n) is 8.43. The van der Waals surface area contributed by atoms with Crippen molar-refractivity contribution >= 4 is 27.3 Å². The lowest BCUT2D eigenvalue weighted by atomic mass is 10.1. The van der Waals surface area contributed by atoms with Gasteiger partial charge in [0, 0.05) is 22.4 Å².